The minimum atomic E-state index is 0.472. The number of methoxy groups -OCH3 is 1. The molecule has 0 radical (unpaired) electrons. The van der Waals surface area contributed by atoms with Gasteiger partial charge in [-0.15, -0.1) is 0 Å². The minimum Gasteiger partial charge on any atom is -0.497 e. The fourth-order valence-electron chi connectivity index (χ4n) is 1.20. The van der Waals surface area contributed by atoms with E-state index >= 15 is 0 Å². The van der Waals surface area contributed by atoms with Gasteiger partial charge in [-0.05, 0) is 31.2 Å². The summed E-state index contributed by atoms with van der Waals surface area (Å²) in [5.41, 5.74) is 0. The second-order valence-corrected chi connectivity index (χ2v) is 4.18. The van der Waals surface area contributed by atoms with E-state index in [1.54, 1.807) is 7.11 Å². The van der Waals surface area contributed by atoms with Crippen molar-refractivity contribution in [2.24, 2.45) is 0 Å². The highest BCUT2D eigenvalue weighted by Crippen LogP contribution is 2.16. The van der Waals surface area contributed by atoms with E-state index < -0.39 is 0 Å². The van der Waals surface area contributed by atoms with Crippen molar-refractivity contribution in [3.8, 4) is 11.5 Å². The average Bonchev–Trinajstić information content (AvgIpc) is 2.35. The van der Waals surface area contributed by atoms with Crippen LogP contribution in [0, 0.1) is 0 Å². The van der Waals surface area contributed by atoms with Crippen LogP contribution in [-0.2, 0) is 0 Å². The van der Waals surface area contributed by atoms with Gasteiger partial charge in [0.2, 0.25) is 0 Å². The lowest BCUT2D eigenvalue weighted by Crippen LogP contribution is -2.31. The Morgan fingerprint density at radius 3 is 2.44 bits per heavy atom. The molecule has 0 aliphatic rings. The molecule has 0 aliphatic heterocycles. The normalized spacial score (nSPS) is 12.2. The summed E-state index contributed by atoms with van der Waals surface area (Å²) in [6.45, 7) is 3.64. The number of hydrogen-bond donors (Lipinski definition) is 1. The Labute approximate surface area is 105 Å². The van der Waals surface area contributed by atoms with Gasteiger partial charge in [0.25, 0.3) is 0 Å². The molecule has 0 spiro atoms. The molecule has 0 heterocycles. The van der Waals surface area contributed by atoms with Gasteiger partial charge in [0.05, 0.1) is 7.11 Å². The Kier molecular flexibility index (Phi) is 6.26. The number of halogens is 1. The molecule has 1 atom stereocenters. The fraction of sp³-hybridized carbons (Fsp3) is 0.500. The first-order valence-corrected chi connectivity index (χ1v) is 6.44. The Bertz CT molecular complexity index is 290. The first kappa shape index (κ1) is 13.3. The van der Waals surface area contributed by atoms with Gasteiger partial charge in [0, 0.05) is 17.9 Å². The third-order valence-corrected chi connectivity index (χ3v) is 3.13. The Balaban J connectivity index is 2.21. The van der Waals surface area contributed by atoms with Crippen molar-refractivity contribution >= 4 is 15.9 Å². The standard InChI is InChI=1S/C12H18BrNO2/c1-10(9-13)14-7-8-16-12-5-3-11(15-2)4-6-12/h3-6,10,14H,7-9H2,1-2H3. The largest absolute Gasteiger partial charge is 0.497 e. The summed E-state index contributed by atoms with van der Waals surface area (Å²) < 4.78 is 10.6. The van der Waals surface area contributed by atoms with Crippen molar-refractivity contribution in [2.45, 2.75) is 13.0 Å². The van der Waals surface area contributed by atoms with E-state index in [-0.39, 0.29) is 0 Å². The Hall–Kier alpha value is -0.740. The van der Waals surface area contributed by atoms with Crippen LogP contribution in [0.5, 0.6) is 11.5 Å². The van der Waals surface area contributed by atoms with E-state index in [0.29, 0.717) is 12.6 Å². The highest BCUT2D eigenvalue weighted by molar-refractivity contribution is 9.09. The summed E-state index contributed by atoms with van der Waals surface area (Å²) in [5, 5.41) is 4.28. The van der Waals surface area contributed by atoms with E-state index in [9.17, 15) is 0 Å². The summed E-state index contributed by atoms with van der Waals surface area (Å²) in [7, 11) is 1.65. The molecule has 1 rings (SSSR count). The first-order chi connectivity index (χ1) is 7.76. The number of rotatable bonds is 7. The lowest BCUT2D eigenvalue weighted by Gasteiger charge is -2.11. The van der Waals surface area contributed by atoms with Gasteiger partial charge in [0.1, 0.15) is 18.1 Å². The van der Waals surface area contributed by atoms with Crippen LogP contribution in [0.15, 0.2) is 24.3 Å². The van der Waals surface area contributed by atoms with Crippen LogP contribution in [0.25, 0.3) is 0 Å². The summed E-state index contributed by atoms with van der Waals surface area (Å²) in [6.07, 6.45) is 0. The third kappa shape index (κ3) is 4.86. The average molecular weight is 288 g/mol. The van der Waals surface area contributed by atoms with E-state index in [2.05, 4.69) is 28.2 Å². The van der Waals surface area contributed by atoms with Gasteiger partial charge in [-0.25, -0.2) is 0 Å². The smallest absolute Gasteiger partial charge is 0.119 e. The SMILES string of the molecule is COc1ccc(OCCNC(C)CBr)cc1. The topological polar surface area (TPSA) is 30.5 Å². The van der Waals surface area contributed by atoms with Crippen molar-refractivity contribution in [2.75, 3.05) is 25.6 Å². The Morgan fingerprint density at radius 2 is 1.88 bits per heavy atom. The van der Waals surface area contributed by atoms with Gasteiger partial charge in [-0.3, -0.25) is 0 Å². The van der Waals surface area contributed by atoms with Crippen LogP contribution in [0.4, 0.5) is 0 Å². The van der Waals surface area contributed by atoms with Crippen LogP contribution >= 0.6 is 15.9 Å². The molecule has 1 unspecified atom stereocenters. The molecule has 0 aromatic heterocycles. The zero-order valence-electron chi connectivity index (χ0n) is 9.70. The molecule has 3 nitrogen and oxygen atoms in total. The van der Waals surface area contributed by atoms with Crippen LogP contribution in [0.2, 0.25) is 0 Å². The van der Waals surface area contributed by atoms with Gasteiger partial charge in [-0.2, -0.15) is 0 Å². The molecule has 0 fully saturated rings. The molecule has 1 aromatic carbocycles. The molecule has 4 heteroatoms. The molecule has 0 aliphatic carbocycles. The maximum absolute atomic E-state index is 5.57. The van der Waals surface area contributed by atoms with Gasteiger partial charge >= 0.3 is 0 Å². The summed E-state index contributed by atoms with van der Waals surface area (Å²) in [4.78, 5) is 0. The van der Waals surface area contributed by atoms with Gasteiger partial charge < -0.3 is 14.8 Å². The van der Waals surface area contributed by atoms with Crippen molar-refractivity contribution in [1.82, 2.24) is 5.32 Å². The van der Waals surface area contributed by atoms with Gasteiger partial charge in [0.15, 0.2) is 0 Å². The summed E-state index contributed by atoms with van der Waals surface area (Å²) in [6, 6.07) is 8.08. The van der Waals surface area contributed by atoms with E-state index in [0.717, 1.165) is 23.4 Å². The highest BCUT2D eigenvalue weighted by Gasteiger charge is 1.98. The van der Waals surface area contributed by atoms with Crippen molar-refractivity contribution in [3.63, 3.8) is 0 Å². The third-order valence-electron chi connectivity index (χ3n) is 2.15. The van der Waals surface area contributed by atoms with Crippen molar-refractivity contribution in [3.05, 3.63) is 24.3 Å². The molecule has 0 saturated carbocycles. The monoisotopic (exact) mass is 287 g/mol. The highest BCUT2D eigenvalue weighted by atomic mass is 79.9. The zero-order valence-corrected chi connectivity index (χ0v) is 11.3. The molecule has 0 saturated heterocycles. The lowest BCUT2D eigenvalue weighted by molar-refractivity contribution is 0.308. The van der Waals surface area contributed by atoms with Crippen LogP contribution in [0.3, 0.4) is 0 Å². The first-order valence-electron chi connectivity index (χ1n) is 5.32. The maximum Gasteiger partial charge on any atom is 0.119 e. The van der Waals surface area contributed by atoms with E-state index in [1.807, 2.05) is 24.3 Å². The molecule has 0 bridgehead atoms. The van der Waals surface area contributed by atoms with Gasteiger partial charge in [-0.1, -0.05) is 15.9 Å². The van der Waals surface area contributed by atoms with Crippen LogP contribution in [-0.4, -0.2) is 31.6 Å². The van der Waals surface area contributed by atoms with Crippen LogP contribution in [0.1, 0.15) is 6.92 Å². The summed E-state index contributed by atoms with van der Waals surface area (Å²) in [5.74, 6) is 1.72. The molecule has 1 aromatic rings. The molecule has 90 valence electrons. The van der Waals surface area contributed by atoms with Crippen molar-refractivity contribution in [1.29, 1.82) is 0 Å². The minimum absolute atomic E-state index is 0.472. The quantitative estimate of drug-likeness (QED) is 0.617. The number of hydrogen-bond acceptors (Lipinski definition) is 3. The number of nitrogens with one attached hydrogen (secondary N) is 1. The van der Waals surface area contributed by atoms with Crippen LogP contribution < -0.4 is 14.8 Å². The van der Waals surface area contributed by atoms with Crippen molar-refractivity contribution < 1.29 is 9.47 Å². The predicted molar refractivity (Wildman–Crippen MR) is 69.7 cm³/mol. The maximum atomic E-state index is 5.57. The summed E-state index contributed by atoms with van der Waals surface area (Å²) >= 11 is 3.41. The molecular weight excluding hydrogens is 270 g/mol. The second kappa shape index (κ2) is 7.52. The number of ether oxygens (including phenoxy) is 2. The molecular formula is C12H18BrNO2. The second-order valence-electron chi connectivity index (χ2n) is 3.53. The Morgan fingerprint density at radius 1 is 1.25 bits per heavy atom. The fourth-order valence-corrected chi connectivity index (χ4v) is 1.43. The molecule has 16 heavy (non-hydrogen) atoms. The zero-order chi connectivity index (χ0) is 11.8. The lowest BCUT2D eigenvalue weighted by atomic mass is 10.3. The van der Waals surface area contributed by atoms with E-state index in [1.165, 1.54) is 0 Å². The number of benzene rings is 1. The van der Waals surface area contributed by atoms with E-state index in [4.69, 9.17) is 9.47 Å². The molecule has 1 N–H and O–H groups in total. The predicted octanol–water partition coefficient (Wildman–Crippen LogP) is 2.45. The molecule has 0 amide bonds. The number of alkyl halides is 1.